The van der Waals surface area contributed by atoms with Crippen LogP contribution in [-0.2, 0) is 16.1 Å². The zero-order valence-corrected chi connectivity index (χ0v) is 13.9. The second kappa shape index (κ2) is 6.78. The van der Waals surface area contributed by atoms with Crippen LogP contribution in [0.1, 0.15) is 34.1 Å². The second-order valence-corrected chi connectivity index (χ2v) is 6.10. The van der Waals surface area contributed by atoms with Crippen LogP contribution >= 0.6 is 0 Å². The van der Waals surface area contributed by atoms with Gasteiger partial charge in [-0.1, -0.05) is 6.92 Å². The molecule has 0 bridgehead atoms. The molecule has 2 rings (SSSR count). The highest BCUT2D eigenvalue weighted by Gasteiger charge is 2.16. The highest BCUT2D eigenvalue weighted by atomic mass is 16.6. The summed E-state index contributed by atoms with van der Waals surface area (Å²) < 4.78 is 6.98. The summed E-state index contributed by atoms with van der Waals surface area (Å²) in [7, 11) is 0. The number of hydrazine groups is 1. The summed E-state index contributed by atoms with van der Waals surface area (Å²) in [6.45, 7) is 8.23. The molecule has 126 valence electrons. The number of nitrogens with two attached hydrogens (primary N) is 1. The third kappa shape index (κ3) is 4.52. The molecule has 0 atom stereocenters. The van der Waals surface area contributed by atoms with Crippen LogP contribution in [0.4, 0.5) is 11.8 Å². The van der Waals surface area contributed by atoms with E-state index in [0.717, 1.165) is 18.4 Å². The zero-order valence-electron chi connectivity index (χ0n) is 13.9. The lowest BCUT2D eigenvalue weighted by Crippen LogP contribution is -2.34. The molecule has 2 aromatic heterocycles. The zero-order chi connectivity index (χ0) is 17.0. The van der Waals surface area contributed by atoms with Crippen LogP contribution in [0.5, 0.6) is 0 Å². The van der Waals surface area contributed by atoms with Crippen LogP contribution in [0, 0.1) is 0 Å². The van der Waals surface area contributed by atoms with Crippen molar-refractivity contribution in [2.45, 2.75) is 46.3 Å². The van der Waals surface area contributed by atoms with Gasteiger partial charge in [0.1, 0.15) is 12.1 Å². The summed E-state index contributed by atoms with van der Waals surface area (Å²) in [5.74, 6) is 0.236. The quantitative estimate of drug-likeness (QED) is 0.534. The molecule has 2 aromatic rings. The van der Waals surface area contributed by atoms with E-state index >= 15 is 0 Å². The van der Waals surface area contributed by atoms with Gasteiger partial charge in [0.05, 0.1) is 11.6 Å². The van der Waals surface area contributed by atoms with Crippen molar-refractivity contribution in [3.8, 4) is 0 Å². The van der Waals surface area contributed by atoms with E-state index in [-0.39, 0.29) is 18.5 Å². The largest absolute Gasteiger partial charge is 0.459 e. The number of hydrogen-bond donors (Lipinski definition) is 3. The average Bonchev–Trinajstić information content (AvgIpc) is 2.80. The van der Waals surface area contributed by atoms with Crippen LogP contribution in [-0.4, -0.2) is 37.9 Å². The first-order chi connectivity index (χ1) is 10.8. The molecule has 0 fully saturated rings. The van der Waals surface area contributed by atoms with E-state index in [0.29, 0.717) is 11.5 Å². The molecule has 4 N–H and O–H groups in total. The number of nitrogens with one attached hydrogen (secondary N) is 2. The van der Waals surface area contributed by atoms with Gasteiger partial charge in [0.15, 0.2) is 11.5 Å². The number of rotatable bonds is 6. The first-order valence-corrected chi connectivity index (χ1v) is 7.50. The maximum absolute atomic E-state index is 11.7. The standard InChI is InChI=1S/C14H23N7O2/c1-5-6-21-12-9(7-17-21)11(18-13(15)19-12)20-16-8-10(22)23-14(2,3)4/h7,16H,5-6,8H2,1-4H3,(H3,15,18,19,20). The molecule has 0 spiro atoms. The topological polar surface area (TPSA) is 120 Å². The number of nitrogen functional groups attached to an aromatic ring is 1. The smallest absolute Gasteiger partial charge is 0.322 e. The van der Waals surface area contributed by atoms with E-state index in [4.69, 9.17) is 10.5 Å². The molecule has 9 heteroatoms. The van der Waals surface area contributed by atoms with Gasteiger partial charge in [0.25, 0.3) is 0 Å². The number of carbonyl (C=O) groups is 1. The monoisotopic (exact) mass is 321 g/mol. The van der Waals surface area contributed by atoms with Crippen molar-refractivity contribution in [3.63, 3.8) is 0 Å². The Labute approximate surface area is 134 Å². The van der Waals surface area contributed by atoms with Crippen molar-refractivity contribution in [1.82, 2.24) is 25.2 Å². The number of fused-ring (bicyclic) bond motifs is 1. The van der Waals surface area contributed by atoms with E-state index < -0.39 is 5.60 Å². The molecular formula is C14H23N7O2. The van der Waals surface area contributed by atoms with Crippen molar-refractivity contribution in [2.75, 3.05) is 17.7 Å². The molecule has 0 aliphatic carbocycles. The molecule has 0 amide bonds. The predicted molar refractivity (Wildman–Crippen MR) is 87.5 cm³/mol. The first-order valence-electron chi connectivity index (χ1n) is 7.50. The van der Waals surface area contributed by atoms with E-state index in [1.54, 1.807) is 10.9 Å². The van der Waals surface area contributed by atoms with Crippen molar-refractivity contribution in [1.29, 1.82) is 0 Å². The fourth-order valence-corrected chi connectivity index (χ4v) is 2.02. The van der Waals surface area contributed by atoms with Gasteiger partial charge in [-0.05, 0) is 27.2 Å². The molecule has 0 saturated carbocycles. The van der Waals surface area contributed by atoms with Crippen LogP contribution in [0.3, 0.4) is 0 Å². The van der Waals surface area contributed by atoms with E-state index in [1.165, 1.54) is 0 Å². The summed E-state index contributed by atoms with van der Waals surface area (Å²) in [5.41, 5.74) is 11.5. The molecule has 0 saturated heterocycles. The third-order valence-corrected chi connectivity index (χ3v) is 2.81. The second-order valence-electron chi connectivity index (χ2n) is 6.10. The van der Waals surface area contributed by atoms with Gasteiger partial charge in [-0.2, -0.15) is 15.1 Å². The third-order valence-electron chi connectivity index (χ3n) is 2.81. The van der Waals surface area contributed by atoms with Crippen molar-refractivity contribution in [3.05, 3.63) is 6.20 Å². The van der Waals surface area contributed by atoms with Crippen molar-refractivity contribution >= 4 is 28.8 Å². The lowest BCUT2D eigenvalue weighted by molar-refractivity contribution is -0.153. The SMILES string of the molecule is CCCn1ncc2c(NNCC(=O)OC(C)(C)C)nc(N)nc21. The van der Waals surface area contributed by atoms with Crippen LogP contribution < -0.4 is 16.6 Å². The molecule has 0 radical (unpaired) electrons. The summed E-state index contributed by atoms with van der Waals surface area (Å²) in [6.07, 6.45) is 2.60. The number of aryl methyl sites for hydroxylation is 1. The van der Waals surface area contributed by atoms with Gasteiger partial charge >= 0.3 is 5.97 Å². The molecule has 0 aliphatic rings. The highest BCUT2D eigenvalue weighted by Crippen LogP contribution is 2.20. The fourth-order valence-electron chi connectivity index (χ4n) is 2.02. The van der Waals surface area contributed by atoms with Crippen molar-refractivity contribution in [2.24, 2.45) is 0 Å². The fraction of sp³-hybridized carbons (Fsp3) is 0.571. The number of aromatic nitrogens is 4. The number of ether oxygens (including phenoxy) is 1. The minimum absolute atomic E-state index is 0.00817. The summed E-state index contributed by atoms with van der Waals surface area (Å²) in [4.78, 5) is 20.0. The molecule has 0 unspecified atom stereocenters. The lowest BCUT2D eigenvalue weighted by Gasteiger charge is -2.19. The normalized spacial score (nSPS) is 11.7. The van der Waals surface area contributed by atoms with Gasteiger partial charge in [0.2, 0.25) is 5.95 Å². The van der Waals surface area contributed by atoms with Crippen LogP contribution in [0.15, 0.2) is 6.20 Å². The first kappa shape index (κ1) is 16.9. The number of carbonyl (C=O) groups excluding carboxylic acids is 1. The maximum Gasteiger partial charge on any atom is 0.322 e. The average molecular weight is 321 g/mol. The number of anilines is 2. The minimum atomic E-state index is -0.521. The van der Waals surface area contributed by atoms with E-state index in [2.05, 4.69) is 32.8 Å². The van der Waals surface area contributed by atoms with E-state index in [1.807, 2.05) is 20.8 Å². The molecule has 0 aromatic carbocycles. The summed E-state index contributed by atoms with van der Waals surface area (Å²) in [5, 5.41) is 5.00. The Morgan fingerprint density at radius 3 is 2.78 bits per heavy atom. The van der Waals surface area contributed by atoms with Crippen LogP contribution in [0.2, 0.25) is 0 Å². The Kier molecular flexibility index (Phi) is 4.99. The Morgan fingerprint density at radius 1 is 1.39 bits per heavy atom. The number of esters is 1. The Balaban J connectivity index is 2.07. The minimum Gasteiger partial charge on any atom is -0.459 e. The maximum atomic E-state index is 11.7. The Hall–Kier alpha value is -2.42. The summed E-state index contributed by atoms with van der Waals surface area (Å²) in [6, 6.07) is 0. The Morgan fingerprint density at radius 2 is 2.13 bits per heavy atom. The molecule has 9 nitrogen and oxygen atoms in total. The number of nitrogens with zero attached hydrogens (tertiary/aromatic N) is 4. The van der Waals surface area contributed by atoms with Crippen molar-refractivity contribution < 1.29 is 9.53 Å². The lowest BCUT2D eigenvalue weighted by atomic mass is 10.2. The molecule has 23 heavy (non-hydrogen) atoms. The number of hydrogen-bond acceptors (Lipinski definition) is 8. The highest BCUT2D eigenvalue weighted by molar-refractivity contribution is 5.87. The van der Waals surface area contributed by atoms with Gasteiger partial charge < -0.3 is 15.9 Å². The van der Waals surface area contributed by atoms with Gasteiger partial charge in [-0.3, -0.25) is 4.79 Å². The van der Waals surface area contributed by atoms with Crippen LogP contribution in [0.25, 0.3) is 11.0 Å². The van der Waals surface area contributed by atoms with Gasteiger partial charge in [0, 0.05) is 6.54 Å². The van der Waals surface area contributed by atoms with Gasteiger partial charge in [-0.15, -0.1) is 0 Å². The molecule has 2 heterocycles. The summed E-state index contributed by atoms with van der Waals surface area (Å²) >= 11 is 0. The molecular weight excluding hydrogens is 298 g/mol. The molecule has 0 aliphatic heterocycles. The van der Waals surface area contributed by atoms with Gasteiger partial charge in [-0.25, -0.2) is 10.1 Å². The predicted octanol–water partition coefficient (Wildman–Crippen LogP) is 1.08. The van der Waals surface area contributed by atoms with E-state index in [9.17, 15) is 4.79 Å². The Bertz CT molecular complexity index is 690.